The number of amides is 2. The molecule has 0 spiro atoms. The number of fused-ring (bicyclic) bond motifs is 1. The van der Waals surface area contributed by atoms with Gasteiger partial charge in [0.1, 0.15) is 5.82 Å². The number of carbonyl (C=O) groups excluding carboxylic acids is 2. The first kappa shape index (κ1) is 29.8. The Bertz CT molecular complexity index is 1420. The molecule has 0 aliphatic rings. The molecule has 3 rings (SSSR count). The van der Waals surface area contributed by atoms with Gasteiger partial charge >= 0.3 is 5.69 Å². The molecule has 1 aromatic carbocycles. The standard InChI is InChI=1S/C28H39FN6O4/c1-7-18(8-2)24(36)34(25(37)19(9-3)10-4)16-15-30-27-31-23-22(26(38)33(6)28(39)32(23)5)35(27)17-20-13-11-12-14-21(20)29/h11-14,18-19H,7-10,15-17H2,1-6H3,(H,30,31). The lowest BCUT2D eigenvalue weighted by atomic mass is 9.98. The molecule has 0 bridgehead atoms. The molecular formula is C28H39FN6O4. The van der Waals surface area contributed by atoms with E-state index in [1.807, 2.05) is 27.7 Å². The summed E-state index contributed by atoms with van der Waals surface area (Å²) in [7, 11) is 2.89. The Morgan fingerprint density at radius 1 is 0.949 bits per heavy atom. The van der Waals surface area contributed by atoms with E-state index in [0.29, 0.717) is 31.2 Å². The number of imidazole rings is 1. The average molecular weight is 543 g/mol. The van der Waals surface area contributed by atoms with Crippen LogP contribution < -0.4 is 16.6 Å². The molecule has 2 heterocycles. The van der Waals surface area contributed by atoms with E-state index < -0.39 is 17.1 Å². The van der Waals surface area contributed by atoms with E-state index in [1.165, 1.54) is 34.2 Å². The van der Waals surface area contributed by atoms with Crippen molar-refractivity contribution < 1.29 is 14.0 Å². The first-order valence-electron chi connectivity index (χ1n) is 13.6. The first-order valence-corrected chi connectivity index (χ1v) is 13.6. The number of halogens is 1. The Kier molecular flexibility index (Phi) is 9.82. The molecule has 0 radical (unpaired) electrons. The number of carbonyl (C=O) groups is 2. The highest BCUT2D eigenvalue weighted by atomic mass is 19.1. The molecule has 39 heavy (non-hydrogen) atoms. The maximum atomic E-state index is 14.6. The highest BCUT2D eigenvalue weighted by Crippen LogP contribution is 2.21. The Hall–Kier alpha value is -3.76. The number of hydrogen-bond acceptors (Lipinski definition) is 6. The lowest BCUT2D eigenvalue weighted by Crippen LogP contribution is -2.46. The van der Waals surface area contributed by atoms with Gasteiger partial charge in [-0.3, -0.25) is 33.0 Å². The van der Waals surface area contributed by atoms with E-state index in [1.54, 1.807) is 18.2 Å². The summed E-state index contributed by atoms with van der Waals surface area (Å²) in [6, 6.07) is 6.22. The van der Waals surface area contributed by atoms with Crippen LogP contribution in [0.25, 0.3) is 11.2 Å². The summed E-state index contributed by atoms with van der Waals surface area (Å²) in [5, 5.41) is 3.15. The second-order valence-corrected chi connectivity index (χ2v) is 9.77. The summed E-state index contributed by atoms with van der Waals surface area (Å²) < 4.78 is 18.4. The van der Waals surface area contributed by atoms with Crippen LogP contribution in [-0.4, -0.2) is 48.5 Å². The Labute approximate surface area is 227 Å². The third-order valence-corrected chi connectivity index (χ3v) is 7.45. The lowest BCUT2D eigenvalue weighted by Gasteiger charge is -2.28. The van der Waals surface area contributed by atoms with E-state index in [0.717, 1.165) is 4.57 Å². The van der Waals surface area contributed by atoms with Crippen LogP contribution in [0, 0.1) is 17.7 Å². The van der Waals surface area contributed by atoms with Gasteiger partial charge in [-0.2, -0.15) is 4.98 Å². The number of imide groups is 1. The van der Waals surface area contributed by atoms with Gasteiger partial charge in [0.25, 0.3) is 5.56 Å². The van der Waals surface area contributed by atoms with Crippen LogP contribution >= 0.6 is 0 Å². The number of aryl methyl sites for hydroxylation is 1. The van der Waals surface area contributed by atoms with Crippen molar-refractivity contribution in [1.82, 2.24) is 23.6 Å². The molecular weight excluding hydrogens is 503 g/mol. The molecule has 212 valence electrons. The molecule has 0 atom stereocenters. The fourth-order valence-corrected chi connectivity index (χ4v) is 4.86. The molecule has 0 fully saturated rings. The molecule has 0 unspecified atom stereocenters. The zero-order valence-corrected chi connectivity index (χ0v) is 23.7. The molecule has 0 aliphatic carbocycles. The van der Waals surface area contributed by atoms with Crippen molar-refractivity contribution in [2.45, 2.75) is 59.9 Å². The van der Waals surface area contributed by atoms with E-state index in [9.17, 15) is 23.6 Å². The molecule has 0 saturated heterocycles. The maximum Gasteiger partial charge on any atom is 0.332 e. The highest BCUT2D eigenvalue weighted by Gasteiger charge is 2.30. The normalized spacial score (nSPS) is 11.5. The number of anilines is 1. The Morgan fingerprint density at radius 3 is 2.05 bits per heavy atom. The molecule has 1 N–H and O–H groups in total. The van der Waals surface area contributed by atoms with Crippen molar-refractivity contribution in [3.05, 3.63) is 56.5 Å². The summed E-state index contributed by atoms with van der Waals surface area (Å²) >= 11 is 0. The summed E-state index contributed by atoms with van der Waals surface area (Å²) in [6.07, 6.45) is 2.52. The lowest BCUT2D eigenvalue weighted by molar-refractivity contribution is -0.150. The smallest absolute Gasteiger partial charge is 0.332 e. The summed E-state index contributed by atoms with van der Waals surface area (Å²) in [4.78, 5) is 58.1. The SMILES string of the molecule is CCC(CC)C(=O)N(CCNc1nc2c(c(=O)n(C)c(=O)n2C)n1Cc1ccccc1F)C(=O)C(CC)CC. The molecule has 10 nitrogen and oxygen atoms in total. The van der Waals surface area contributed by atoms with E-state index in [4.69, 9.17) is 0 Å². The topological polar surface area (TPSA) is 111 Å². The third-order valence-electron chi connectivity index (χ3n) is 7.45. The fourth-order valence-electron chi connectivity index (χ4n) is 4.86. The third kappa shape index (κ3) is 5.97. The van der Waals surface area contributed by atoms with Crippen molar-refractivity contribution in [2.24, 2.45) is 25.9 Å². The quantitative estimate of drug-likeness (QED) is 0.376. The van der Waals surface area contributed by atoms with Gasteiger partial charge in [0.2, 0.25) is 17.8 Å². The predicted molar refractivity (Wildman–Crippen MR) is 149 cm³/mol. The van der Waals surface area contributed by atoms with Gasteiger partial charge in [0.05, 0.1) is 6.54 Å². The van der Waals surface area contributed by atoms with Crippen LogP contribution in [-0.2, 0) is 30.2 Å². The van der Waals surface area contributed by atoms with Crippen LogP contribution in [0.15, 0.2) is 33.9 Å². The maximum absolute atomic E-state index is 14.6. The van der Waals surface area contributed by atoms with Gasteiger partial charge in [-0.25, -0.2) is 9.18 Å². The first-order chi connectivity index (χ1) is 18.6. The molecule has 2 aromatic heterocycles. The van der Waals surface area contributed by atoms with Gasteiger partial charge in [-0.15, -0.1) is 0 Å². The minimum atomic E-state index is -0.556. The van der Waals surface area contributed by atoms with Crippen LogP contribution in [0.1, 0.15) is 58.9 Å². The molecule has 11 heteroatoms. The highest BCUT2D eigenvalue weighted by molar-refractivity contribution is 5.97. The van der Waals surface area contributed by atoms with Gasteiger partial charge in [-0.05, 0) is 31.7 Å². The number of nitrogens with one attached hydrogen (secondary N) is 1. The zero-order valence-electron chi connectivity index (χ0n) is 23.7. The number of rotatable bonds is 12. The van der Waals surface area contributed by atoms with Crippen molar-refractivity contribution in [1.29, 1.82) is 0 Å². The molecule has 0 aliphatic heterocycles. The van der Waals surface area contributed by atoms with Crippen molar-refractivity contribution in [2.75, 3.05) is 18.4 Å². The van der Waals surface area contributed by atoms with Crippen molar-refractivity contribution in [3.63, 3.8) is 0 Å². The summed E-state index contributed by atoms with van der Waals surface area (Å²) in [6.45, 7) is 7.97. The van der Waals surface area contributed by atoms with E-state index in [-0.39, 0.29) is 60.4 Å². The minimum absolute atomic E-state index is 0.0119. The second kappa shape index (κ2) is 12.9. The summed E-state index contributed by atoms with van der Waals surface area (Å²) in [5.41, 5.74) is -0.458. The largest absolute Gasteiger partial charge is 0.354 e. The average Bonchev–Trinajstić information content (AvgIpc) is 3.29. The number of hydrogen-bond donors (Lipinski definition) is 1. The molecule has 2 amide bonds. The number of nitrogens with zero attached hydrogens (tertiary/aromatic N) is 5. The fraction of sp³-hybridized carbons (Fsp3) is 0.536. The van der Waals surface area contributed by atoms with Gasteiger partial charge in [0.15, 0.2) is 11.2 Å². The zero-order chi connectivity index (χ0) is 28.9. The van der Waals surface area contributed by atoms with Crippen LogP contribution in [0.2, 0.25) is 0 Å². The van der Waals surface area contributed by atoms with Crippen molar-refractivity contribution in [3.8, 4) is 0 Å². The monoisotopic (exact) mass is 542 g/mol. The van der Waals surface area contributed by atoms with Gasteiger partial charge in [-0.1, -0.05) is 45.9 Å². The van der Waals surface area contributed by atoms with Crippen LogP contribution in [0.3, 0.4) is 0 Å². The molecule has 3 aromatic rings. The van der Waals surface area contributed by atoms with Gasteiger partial charge in [0, 0.05) is 44.6 Å². The summed E-state index contributed by atoms with van der Waals surface area (Å²) in [5.74, 6) is -1.12. The Morgan fingerprint density at radius 2 is 1.51 bits per heavy atom. The van der Waals surface area contributed by atoms with Crippen molar-refractivity contribution >= 4 is 28.9 Å². The van der Waals surface area contributed by atoms with Gasteiger partial charge < -0.3 is 5.32 Å². The van der Waals surface area contributed by atoms with Crippen LogP contribution in [0.5, 0.6) is 0 Å². The van der Waals surface area contributed by atoms with Crippen LogP contribution in [0.4, 0.5) is 10.3 Å². The van der Waals surface area contributed by atoms with E-state index >= 15 is 0 Å². The minimum Gasteiger partial charge on any atom is -0.354 e. The number of aromatic nitrogens is 4. The second-order valence-electron chi connectivity index (χ2n) is 9.77. The Balaban J connectivity index is 2.02. The predicted octanol–water partition coefficient (Wildman–Crippen LogP) is 3.26. The van der Waals surface area contributed by atoms with E-state index in [2.05, 4.69) is 10.3 Å². The molecule has 0 saturated carbocycles. The number of benzene rings is 1.